The van der Waals surface area contributed by atoms with E-state index in [1.54, 1.807) is 0 Å². The van der Waals surface area contributed by atoms with E-state index < -0.39 is 0 Å². The highest BCUT2D eigenvalue weighted by Crippen LogP contribution is 2.36. The Bertz CT molecular complexity index is 920. The molecular formula is C24H26O4. The smallest absolute Gasteiger partial charge is 0.161 e. The van der Waals surface area contributed by atoms with Crippen molar-refractivity contribution in [1.29, 1.82) is 0 Å². The van der Waals surface area contributed by atoms with Crippen LogP contribution in [0, 0.1) is 27.7 Å². The molecule has 0 aliphatic rings. The van der Waals surface area contributed by atoms with Crippen molar-refractivity contribution in [3.8, 4) is 23.0 Å². The molecule has 3 aromatic rings. The molecule has 0 bridgehead atoms. The molecule has 0 aliphatic heterocycles. The number of hydrogen-bond acceptors (Lipinski definition) is 4. The quantitative estimate of drug-likeness (QED) is 0.486. The molecule has 4 nitrogen and oxygen atoms in total. The molecule has 0 aliphatic carbocycles. The third-order valence-corrected chi connectivity index (χ3v) is 5.21. The van der Waals surface area contributed by atoms with Gasteiger partial charge in [-0.2, -0.15) is 0 Å². The van der Waals surface area contributed by atoms with Crippen LogP contribution >= 0.6 is 0 Å². The van der Waals surface area contributed by atoms with Gasteiger partial charge in [-0.15, -0.1) is 0 Å². The van der Waals surface area contributed by atoms with Crippen molar-refractivity contribution in [3.05, 3.63) is 80.9 Å². The summed E-state index contributed by atoms with van der Waals surface area (Å²) in [5.41, 5.74) is 6.32. The van der Waals surface area contributed by atoms with Crippen LogP contribution in [0.4, 0.5) is 0 Å². The van der Waals surface area contributed by atoms with E-state index in [0.717, 1.165) is 33.4 Å². The lowest BCUT2D eigenvalue weighted by Gasteiger charge is -2.13. The van der Waals surface area contributed by atoms with Gasteiger partial charge in [0.05, 0.1) is 0 Å². The molecule has 0 atom stereocenters. The van der Waals surface area contributed by atoms with Crippen LogP contribution < -0.4 is 0 Å². The molecule has 0 spiro atoms. The number of benzene rings is 3. The monoisotopic (exact) mass is 378 g/mol. The Morgan fingerprint density at radius 1 is 0.500 bits per heavy atom. The first-order valence-corrected chi connectivity index (χ1v) is 9.28. The van der Waals surface area contributed by atoms with Crippen LogP contribution in [-0.2, 0) is 12.8 Å². The van der Waals surface area contributed by atoms with Gasteiger partial charge >= 0.3 is 0 Å². The zero-order valence-electron chi connectivity index (χ0n) is 16.7. The summed E-state index contributed by atoms with van der Waals surface area (Å²) in [6.07, 6.45) is 0.915. The first kappa shape index (κ1) is 19.6. The molecule has 0 saturated carbocycles. The zero-order valence-corrected chi connectivity index (χ0v) is 16.7. The second-order valence-corrected chi connectivity index (χ2v) is 7.59. The summed E-state index contributed by atoms with van der Waals surface area (Å²) >= 11 is 0. The summed E-state index contributed by atoms with van der Waals surface area (Å²) in [6, 6.07) is 11.2. The molecule has 0 heterocycles. The molecule has 0 unspecified atom stereocenters. The van der Waals surface area contributed by atoms with E-state index in [2.05, 4.69) is 0 Å². The number of hydrogen-bond donors (Lipinski definition) is 4. The summed E-state index contributed by atoms with van der Waals surface area (Å²) in [5.74, 6) is 0.331. The van der Waals surface area contributed by atoms with Crippen LogP contribution in [0.1, 0.15) is 44.5 Å². The predicted molar refractivity (Wildman–Crippen MR) is 111 cm³/mol. The number of phenolic OH excluding ortho intramolecular Hbond substituents is 4. The van der Waals surface area contributed by atoms with Crippen LogP contribution in [0.5, 0.6) is 23.0 Å². The molecule has 0 aromatic heterocycles. The van der Waals surface area contributed by atoms with E-state index in [1.165, 1.54) is 0 Å². The molecule has 0 saturated heterocycles. The van der Waals surface area contributed by atoms with Gasteiger partial charge in [-0.25, -0.2) is 0 Å². The molecule has 146 valence electrons. The van der Waals surface area contributed by atoms with Gasteiger partial charge in [0.2, 0.25) is 0 Å². The number of aryl methyl sites for hydroxylation is 4. The second kappa shape index (κ2) is 7.47. The lowest BCUT2D eigenvalue weighted by molar-refractivity contribution is 0.396. The van der Waals surface area contributed by atoms with Gasteiger partial charge in [0, 0.05) is 24.0 Å². The van der Waals surface area contributed by atoms with Crippen LogP contribution in [0.25, 0.3) is 0 Å². The maximum atomic E-state index is 10.5. The highest BCUT2D eigenvalue weighted by Gasteiger charge is 2.14. The minimum absolute atomic E-state index is 0.117. The molecule has 4 N–H and O–H groups in total. The van der Waals surface area contributed by atoms with Gasteiger partial charge in [0.15, 0.2) is 11.5 Å². The third-order valence-electron chi connectivity index (χ3n) is 5.21. The average Bonchev–Trinajstić information content (AvgIpc) is 2.63. The molecule has 3 aromatic carbocycles. The highest BCUT2D eigenvalue weighted by atomic mass is 16.3. The van der Waals surface area contributed by atoms with Gasteiger partial charge < -0.3 is 20.4 Å². The Morgan fingerprint density at radius 3 is 1.07 bits per heavy atom. The first-order chi connectivity index (χ1) is 13.2. The lowest BCUT2D eigenvalue weighted by atomic mass is 9.95. The van der Waals surface area contributed by atoms with Crippen LogP contribution in [0.15, 0.2) is 36.4 Å². The summed E-state index contributed by atoms with van der Waals surface area (Å²) in [7, 11) is 0. The molecule has 0 radical (unpaired) electrons. The van der Waals surface area contributed by atoms with E-state index in [-0.39, 0.29) is 23.0 Å². The van der Waals surface area contributed by atoms with E-state index >= 15 is 0 Å². The summed E-state index contributed by atoms with van der Waals surface area (Å²) in [6.45, 7) is 7.36. The molecule has 0 fully saturated rings. The summed E-state index contributed by atoms with van der Waals surface area (Å²) in [4.78, 5) is 0. The fourth-order valence-electron chi connectivity index (χ4n) is 3.68. The van der Waals surface area contributed by atoms with Gasteiger partial charge in [0.1, 0.15) is 11.5 Å². The van der Waals surface area contributed by atoms with Crippen molar-refractivity contribution in [1.82, 2.24) is 0 Å². The first-order valence-electron chi connectivity index (χ1n) is 9.28. The van der Waals surface area contributed by atoms with Crippen molar-refractivity contribution in [2.45, 2.75) is 40.5 Å². The zero-order chi connectivity index (χ0) is 20.6. The third kappa shape index (κ3) is 3.77. The minimum Gasteiger partial charge on any atom is -0.507 e. The van der Waals surface area contributed by atoms with Crippen molar-refractivity contribution in [2.24, 2.45) is 0 Å². The number of rotatable bonds is 4. The van der Waals surface area contributed by atoms with Crippen LogP contribution in [0.2, 0.25) is 0 Å². The maximum absolute atomic E-state index is 10.5. The van der Waals surface area contributed by atoms with E-state index in [0.29, 0.717) is 24.0 Å². The topological polar surface area (TPSA) is 80.9 Å². The van der Waals surface area contributed by atoms with Crippen molar-refractivity contribution in [3.63, 3.8) is 0 Å². The summed E-state index contributed by atoms with van der Waals surface area (Å²) < 4.78 is 0. The second-order valence-electron chi connectivity index (χ2n) is 7.59. The minimum atomic E-state index is -0.117. The van der Waals surface area contributed by atoms with Gasteiger partial charge in [-0.3, -0.25) is 0 Å². The van der Waals surface area contributed by atoms with Crippen molar-refractivity contribution < 1.29 is 20.4 Å². The Labute approximate surface area is 165 Å². The van der Waals surface area contributed by atoms with Gasteiger partial charge in [-0.05, 0) is 61.1 Å². The van der Waals surface area contributed by atoms with Crippen molar-refractivity contribution in [2.75, 3.05) is 0 Å². The predicted octanol–water partition coefficient (Wildman–Crippen LogP) is 4.92. The van der Waals surface area contributed by atoms with E-state index in [4.69, 9.17) is 0 Å². The lowest BCUT2D eigenvalue weighted by Crippen LogP contribution is -1.96. The van der Waals surface area contributed by atoms with Gasteiger partial charge in [0.25, 0.3) is 0 Å². The van der Waals surface area contributed by atoms with E-state index in [1.807, 2.05) is 64.1 Å². The Hall–Kier alpha value is -3.14. The molecule has 0 amide bonds. The van der Waals surface area contributed by atoms with Crippen molar-refractivity contribution >= 4 is 0 Å². The highest BCUT2D eigenvalue weighted by molar-refractivity contribution is 5.54. The largest absolute Gasteiger partial charge is 0.507 e. The number of phenols is 4. The molecule has 4 heteroatoms. The average molecular weight is 378 g/mol. The maximum Gasteiger partial charge on any atom is 0.161 e. The molecular weight excluding hydrogens is 352 g/mol. The normalized spacial score (nSPS) is 11.0. The van der Waals surface area contributed by atoms with Crippen LogP contribution in [-0.4, -0.2) is 20.4 Å². The fourth-order valence-corrected chi connectivity index (χ4v) is 3.68. The Kier molecular flexibility index (Phi) is 5.23. The number of aromatic hydroxyl groups is 4. The molecule has 28 heavy (non-hydrogen) atoms. The van der Waals surface area contributed by atoms with Crippen LogP contribution in [0.3, 0.4) is 0 Å². The fraction of sp³-hybridized carbons (Fsp3) is 0.250. The van der Waals surface area contributed by atoms with Gasteiger partial charge in [-0.1, -0.05) is 36.4 Å². The van der Waals surface area contributed by atoms with E-state index in [9.17, 15) is 20.4 Å². The Balaban J connectivity index is 1.89. The summed E-state index contributed by atoms with van der Waals surface area (Å²) in [5, 5.41) is 40.9. The standard InChI is InChI=1S/C24H26O4/c1-13-7-17(8-14(2)21(13)25)11-19-5-6-20(24(28)23(19)27)12-18-9-15(3)22(26)16(4)10-18/h5-10,25-28H,11-12H2,1-4H3. The molecule has 3 rings (SSSR count). The Morgan fingerprint density at radius 2 is 0.786 bits per heavy atom. The SMILES string of the molecule is Cc1cc(Cc2ccc(Cc3cc(C)c(O)c(C)c3)c(O)c2O)cc(C)c1O.